The number of thioether (sulfide) groups is 1. The molecule has 2 amide bonds. The third-order valence-corrected chi connectivity index (χ3v) is 6.70. The third kappa shape index (κ3) is 4.85. The maximum Gasteiger partial charge on any atom is 0.293 e. The van der Waals surface area contributed by atoms with Crippen LogP contribution >= 0.6 is 39.3 Å². The number of halogens is 2. The van der Waals surface area contributed by atoms with E-state index in [1.165, 1.54) is 4.90 Å². The van der Waals surface area contributed by atoms with Crippen molar-refractivity contribution in [1.29, 1.82) is 0 Å². The number of carbonyl (C=O) groups is 2. The largest absolute Gasteiger partial charge is 0.493 e. The molecule has 1 aliphatic rings. The lowest BCUT2D eigenvalue weighted by molar-refractivity contribution is -0.124. The Balaban J connectivity index is 1.85. The molecule has 1 saturated heterocycles. The van der Waals surface area contributed by atoms with Crippen molar-refractivity contribution >= 4 is 56.5 Å². The van der Waals surface area contributed by atoms with Crippen LogP contribution in [-0.4, -0.2) is 29.2 Å². The quantitative estimate of drug-likeness (QED) is 0.397. The van der Waals surface area contributed by atoms with Crippen LogP contribution in [0.1, 0.15) is 31.4 Å². The molecule has 0 bridgehead atoms. The van der Waals surface area contributed by atoms with Crippen molar-refractivity contribution in [2.75, 3.05) is 7.11 Å². The van der Waals surface area contributed by atoms with Gasteiger partial charge in [-0.15, -0.1) is 0 Å². The summed E-state index contributed by atoms with van der Waals surface area (Å²) < 4.78 is 12.1. The molecular weight excluding hydrogens is 490 g/mol. The maximum absolute atomic E-state index is 12.7. The number of methoxy groups -OCH3 is 1. The van der Waals surface area contributed by atoms with E-state index in [1.807, 2.05) is 38.1 Å². The van der Waals surface area contributed by atoms with Crippen molar-refractivity contribution in [1.82, 2.24) is 4.90 Å². The molecule has 2 aromatic rings. The minimum Gasteiger partial charge on any atom is -0.493 e. The van der Waals surface area contributed by atoms with Crippen LogP contribution in [0.15, 0.2) is 45.8 Å². The summed E-state index contributed by atoms with van der Waals surface area (Å²) in [6.45, 7) is 4.10. The third-order valence-electron chi connectivity index (χ3n) is 4.77. The van der Waals surface area contributed by atoms with E-state index in [0.717, 1.165) is 17.3 Å². The Hall–Kier alpha value is -1.96. The van der Waals surface area contributed by atoms with Gasteiger partial charge in [-0.3, -0.25) is 14.5 Å². The second-order valence-electron chi connectivity index (χ2n) is 6.71. The second-order valence-corrected chi connectivity index (χ2v) is 8.97. The molecule has 0 aromatic heterocycles. The van der Waals surface area contributed by atoms with Gasteiger partial charge in [0.25, 0.3) is 11.1 Å². The van der Waals surface area contributed by atoms with Gasteiger partial charge in [-0.25, -0.2) is 0 Å². The van der Waals surface area contributed by atoms with Crippen LogP contribution in [0.25, 0.3) is 6.08 Å². The van der Waals surface area contributed by atoms with Gasteiger partial charge >= 0.3 is 0 Å². The molecule has 0 unspecified atom stereocenters. The summed E-state index contributed by atoms with van der Waals surface area (Å²) >= 11 is 10.7. The Morgan fingerprint density at radius 2 is 1.97 bits per heavy atom. The van der Waals surface area contributed by atoms with Crippen molar-refractivity contribution < 1.29 is 19.1 Å². The number of hydrogen-bond acceptors (Lipinski definition) is 5. The van der Waals surface area contributed by atoms with Gasteiger partial charge in [0.15, 0.2) is 11.5 Å². The standard InChI is InChI=1S/C22H21BrClNO4S/c1-4-13(2)25-21(26)20(30-22(25)27)10-15-9-18(28-3)19(11-16(15)23)29-12-14-7-5-6-8-17(14)24/h5-11,13H,4,12H2,1-3H3/b20-10+/t13-/m1/s1. The molecule has 1 aliphatic heterocycles. The van der Waals surface area contributed by atoms with Gasteiger partial charge in [-0.1, -0.05) is 52.7 Å². The first-order valence-corrected chi connectivity index (χ1v) is 11.3. The van der Waals surface area contributed by atoms with E-state index in [4.69, 9.17) is 21.1 Å². The van der Waals surface area contributed by atoms with E-state index in [9.17, 15) is 9.59 Å². The van der Waals surface area contributed by atoms with Crippen molar-refractivity contribution in [2.45, 2.75) is 32.9 Å². The minimum atomic E-state index is -0.274. The monoisotopic (exact) mass is 509 g/mol. The predicted molar refractivity (Wildman–Crippen MR) is 124 cm³/mol. The molecule has 0 aliphatic carbocycles. The minimum absolute atomic E-state index is 0.137. The molecule has 0 spiro atoms. The lowest BCUT2D eigenvalue weighted by Crippen LogP contribution is -2.36. The molecule has 8 heteroatoms. The number of hydrogen-bond donors (Lipinski definition) is 0. The van der Waals surface area contributed by atoms with Crippen LogP contribution in [0.4, 0.5) is 4.79 Å². The molecule has 2 aromatic carbocycles. The van der Waals surface area contributed by atoms with E-state index in [-0.39, 0.29) is 23.8 Å². The SMILES string of the molecule is CC[C@@H](C)N1C(=O)S/C(=C/c2cc(OC)c(OCc3ccccc3Cl)cc2Br)C1=O. The van der Waals surface area contributed by atoms with Gasteiger partial charge in [-0.2, -0.15) is 0 Å². The molecule has 3 rings (SSSR count). The van der Waals surface area contributed by atoms with Crippen LogP contribution < -0.4 is 9.47 Å². The number of amides is 2. The van der Waals surface area contributed by atoms with Gasteiger partial charge in [0.1, 0.15) is 6.61 Å². The van der Waals surface area contributed by atoms with Crippen molar-refractivity contribution in [3.8, 4) is 11.5 Å². The zero-order valence-corrected chi connectivity index (χ0v) is 19.9. The number of imide groups is 1. The molecule has 5 nitrogen and oxygen atoms in total. The van der Waals surface area contributed by atoms with Crippen LogP contribution in [-0.2, 0) is 11.4 Å². The zero-order valence-electron chi connectivity index (χ0n) is 16.8. The van der Waals surface area contributed by atoms with Gasteiger partial charge in [0, 0.05) is 21.1 Å². The van der Waals surface area contributed by atoms with E-state index in [1.54, 1.807) is 25.3 Å². The normalized spacial score (nSPS) is 16.3. The topological polar surface area (TPSA) is 55.8 Å². The van der Waals surface area contributed by atoms with Crippen LogP contribution in [0.3, 0.4) is 0 Å². The summed E-state index contributed by atoms with van der Waals surface area (Å²) in [5, 5.41) is 0.382. The molecule has 1 fully saturated rings. The van der Waals surface area contributed by atoms with E-state index < -0.39 is 0 Å². The number of rotatable bonds is 7. The molecule has 158 valence electrons. The highest BCUT2D eigenvalue weighted by Gasteiger charge is 2.37. The Morgan fingerprint density at radius 1 is 1.23 bits per heavy atom. The Labute approximate surface area is 193 Å². The van der Waals surface area contributed by atoms with E-state index in [0.29, 0.717) is 37.9 Å². The van der Waals surface area contributed by atoms with Crippen molar-refractivity contribution in [3.63, 3.8) is 0 Å². The second kappa shape index (κ2) is 9.90. The zero-order chi connectivity index (χ0) is 21.8. The number of carbonyl (C=O) groups excluding carboxylic acids is 2. The molecular formula is C22H21BrClNO4S. The fourth-order valence-electron chi connectivity index (χ4n) is 2.89. The highest BCUT2D eigenvalue weighted by Crippen LogP contribution is 2.39. The Bertz CT molecular complexity index is 1010. The fraction of sp³-hybridized carbons (Fsp3) is 0.273. The molecule has 1 atom stereocenters. The number of nitrogens with zero attached hydrogens (tertiary/aromatic N) is 1. The van der Waals surface area contributed by atoms with Crippen LogP contribution in [0, 0.1) is 0 Å². The summed E-state index contributed by atoms with van der Waals surface area (Å²) in [6.07, 6.45) is 2.40. The molecule has 0 N–H and O–H groups in total. The number of ether oxygens (including phenoxy) is 2. The summed E-state index contributed by atoms with van der Waals surface area (Å²) in [5.41, 5.74) is 1.58. The molecule has 0 saturated carbocycles. The number of benzene rings is 2. The van der Waals surface area contributed by atoms with E-state index >= 15 is 0 Å². The first-order chi connectivity index (χ1) is 14.3. The van der Waals surface area contributed by atoms with Gasteiger partial charge in [0.05, 0.1) is 12.0 Å². The fourth-order valence-corrected chi connectivity index (χ4v) is 4.44. The lowest BCUT2D eigenvalue weighted by atomic mass is 10.1. The molecule has 30 heavy (non-hydrogen) atoms. The van der Waals surface area contributed by atoms with E-state index in [2.05, 4.69) is 15.9 Å². The highest BCUT2D eigenvalue weighted by atomic mass is 79.9. The van der Waals surface area contributed by atoms with Gasteiger partial charge in [-0.05, 0) is 54.9 Å². The van der Waals surface area contributed by atoms with Crippen LogP contribution in [0.2, 0.25) is 5.02 Å². The summed E-state index contributed by atoms with van der Waals surface area (Å²) in [4.78, 5) is 26.6. The average Bonchev–Trinajstić information content (AvgIpc) is 3.01. The van der Waals surface area contributed by atoms with Crippen molar-refractivity contribution in [2.24, 2.45) is 0 Å². The Kier molecular flexibility index (Phi) is 7.50. The summed E-state index contributed by atoms with van der Waals surface area (Å²) in [5.74, 6) is 0.774. The van der Waals surface area contributed by atoms with Crippen LogP contribution in [0.5, 0.6) is 11.5 Å². The molecule has 1 heterocycles. The highest BCUT2D eigenvalue weighted by molar-refractivity contribution is 9.10. The summed E-state index contributed by atoms with van der Waals surface area (Å²) in [6, 6.07) is 10.9. The Morgan fingerprint density at radius 3 is 2.63 bits per heavy atom. The first-order valence-electron chi connectivity index (χ1n) is 9.36. The maximum atomic E-state index is 12.7. The average molecular weight is 511 g/mol. The predicted octanol–water partition coefficient (Wildman–Crippen LogP) is 6.52. The molecule has 0 radical (unpaired) electrons. The van der Waals surface area contributed by atoms with Gasteiger partial charge in [0.2, 0.25) is 0 Å². The smallest absolute Gasteiger partial charge is 0.293 e. The summed E-state index contributed by atoms with van der Waals surface area (Å²) in [7, 11) is 1.55. The van der Waals surface area contributed by atoms with Gasteiger partial charge < -0.3 is 9.47 Å². The first kappa shape index (κ1) is 22.7. The lowest BCUT2D eigenvalue weighted by Gasteiger charge is -2.19. The van der Waals surface area contributed by atoms with Crippen molar-refractivity contribution in [3.05, 3.63) is 61.9 Å².